The quantitative estimate of drug-likeness (QED) is 0.770. The first-order valence-corrected chi connectivity index (χ1v) is 5.70. The van der Waals surface area contributed by atoms with Crippen LogP contribution < -0.4 is 5.32 Å². The fourth-order valence-electron chi connectivity index (χ4n) is 2.44. The third-order valence-corrected chi connectivity index (χ3v) is 3.19. The number of fused-ring (bicyclic) bond motifs is 1. The Balaban J connectivity index is 2.25. The summed E-state index contributed by atoms with van der Waals surface area (Å²) in [6.45, 7) is 0.656. The Kier molecular flexibility index (Phi) is 3.44. The van der Waals surface area contributed by atoms with Gasteiger partial charge in [-0.2, -0.15) is 0 Å². The second kappa shape index (κ2) is 4.81. The van der Waals surface area contributed by atoms with Crippen molar-refractivity contribution in [3.63, 3.8) is 0 Å². The largest absolute Gasteiger partial charge is 0.364 e. The van der Waals surface area contributed by atoms with Crippen LogP contribution in [0.3, 0.4) is 0 Å². The molecule has 1 heterocycles. The van der Waals surface area contributed by atoms with Crippen molar-refractivity contribution in [2.75, 3.05) is 14.2 Å². The van der Waals surface area contributed by atoms with E-state index in [1.165, 1.54) is 36.8 Å². The molecule has 3 nitrogen and oxygen atoms in total. The van der Waals surface area contributed by atoms with Gasteiger partial charge in [-0.05, 0) is 37.4 Å². The van der Waals surface area contributed by atoms with E-state index in [0.29, 0.717) is 12.8 Å². The first-order valence-electron chi connectivity index (χ1n) is 5.70. The zero-order valence-electron chi connectivity index (χ0n) is 9.62. The van der Waals surface area contributed by atoms with Crippen molar-refractivity contribution in [3.05, 3.63) is 23.5 Å². The van der Waals surface area contributed by atoms with E-state index in [1.54, 1.807) is 7.11 Å². The number of methoxy groups -OCH3 is 1. The lowest BCUT2D eigenvalue weighted by Crippen LogP contribution is -2.15. The van der Waals surface area contributed by atoms with Crippen LogP contribution in [-0.2, 0) is 17.9 Å². The van der Waals surface area contributed by atoms with Gasteiger partial charge in [0.1, 0.15) is 6.73 Å². The molecule has 0 bridgehead atoms. The topological polar surface area (TPSA) is 26.2 Å². The Labute approximate surface area is 91.4 Å². The van der Waals surface area contributed by atoms with Crippen LogP contribution in [0.5, 0.6) is 0 Å². The van der Waals surface area contributed by atoms with Crippen LogP contribution in [0, 0.1) is 0 Å². The molecular weight excluding hydrogens is 188 g/mol. The second-order valence-corrected chi connectivity index (χ2v) is 4.26. The molecule has 84 valence electrons. The summed E-state index contributed by atoms with van der Waals surface area (Å²) in [5.74, 6) is 0. The van der Waals surface area contributed by atoms with E-state index >= 15 is 0 Å². The number of rotatable bonds is 3. The molecule has 0 aliphatic heterocycles. The maximum absolute atomic E-state index is 5.15. The standard InChI is InChI=1S/C12H20N2O/c1-13-12-6-4-3-5-10-7-14(9-15-2)8-11(10)12/h7-8,12-13H,3-6,9H2,1-2H3. The van der Waals surface area contributed by atoms with Crippen LogP contribution in [0.15, 0.2) is 12.4 Å². The van der Waals surface area contributed by atoms with Crippen LogP contribution in [0.25, 0.3) is 0 Å². The first kappa shape index (κ1) is 10.7. The first-order chi connectivity index (χ1) is 7.35. The van der Waals surface area contributed by atoms with E-state index in [1.807, 2.05) is 7.05 Å². The lowest BCUT2D eigenvalue weighted by atomic mass is 10.1. The maximum Gasteiger partial charge on any atom is 0.121 e. The van der Waals surface area contributed by atoms with E-state index in [9.17, 15) is 0 Å². The Morgan fingerprint density at radius 2 is 2.33 bits per heavy atom. The minimum atomic E-state index is 0.528. The number of nitrogens with zero attached hydrogens (tertiary/aromatic N) is 1. The van der Waals surface area contributed by atoms with Gasteiger partial charge in [0.2, 0.25) is 0 Å². The summed E-state index contributed by atoms with van der Waals surface area (Å²) in [7, 11) is 3.79. The van der Waals surface area contributed by atoms with Crippen LogP contribution in [0.2, 0.25) is 0 Å². The number of hydrogen-bond acceptors (Lipinski definition) is 2. The number of aryl methyl sites for hydroxylation is 1. The third-order valence-electron chi connectivity index (χ3n) is 3.19. The molecule has 0 radical (unpaired) electrons. The Morgan fingerprint density at radius 3 is 3.07 bits per heavy atom. The summed E-state index contributed by atoms with van der Waals surface area (Å²) in [5, 5.41) is 3.40. The van der Waals surface area contributed by atoms with E-state index in [2.05, 4.69) is 22.3 Å². The normalized spacial score (nSPS) is 21.1. The Morgan fingerprint density at radius 1 is 1.47 bits per heavy atom. The minimum Gasteiger partial charge on any atom is -0.364 e. The maximum atomic E-state index is 5.15. The third kappa shape index (κ3) is 2.24. The van der Waals surface area contributed by atoms with Gasteiger partial charge in [0.25, 0.3) is 0 Å². The zero-order valence-corrected chi connectivity index (χ0v) is 9.62. The van der Waals surface area contributed by atoms with Gasteiger partial charge in [0.15, 0.2) is 0 Å². The number of aromatic nitrogens is 1. The van der Waals surface area contributed by atoms with Crippen LogP contribution in [-0.4, -0.2) is 18.7 Å². The molecule has 3 heteroatoms. The number of hydrogen-bond donors (Lipinski definition) is 1. The van der Waals surface area contributed by atoms with Crippen molar-refractivity contribution >= 4 is 0 Å². The SMILES string of the molecule is CNC1CCCCc2cn(COC)cc21. The van der Waals surface area contributed by atoms with Crippen LogP contribution in [0.1, 0.15) is 36.4 Å². The van der Waals surface area contributed by atoms with Crippen molar-refractivity contribution in [1.29, 1.82) is 0 Å². The predicted octanol–water partition coefficient (Wildman–Crippen LogP) is 2.08. The second-order valence-electron chi connectivity index (χ2n) is 4.26. The molecular formula is C12H20N2O. The summed E-state index contributed by atoms with van der Waals surface area (Å²) in [5.41, 5.74) is 2.95. The molecule has 1 aliphatic carbocycles. The summed E-state index contributed by atoms with van der Waals surface area (Å²) >= 11 is 0. The van der Waals surface area contributed by atoms with Crippen LogP contribution >= 0.6 is 0 Å². The van der Waals surface area contributed by atoms with Crippen molar-refractivity contribution < 1.29 is 4.74 Å². The van der Waals surface area contributed by atoms with Gasteiger partial charge in [0, 0.05) is 25.5 Å². The molecule has 1 N–H and O–H groups in total. The summed E-state index contributed by atoms with van der Waals surface area (Å²) < 4.78 is 7.29. The molecule has 1 aliphatic rings. The van der Waals surface area contributed by atoms with E-state index in [4.69, 9.17) is 4.74 Å². The fraction of sp³-hybridized carbons (Fsp3) is 0.667. The molecule has 2 rings (SSSR count). The molecule has 0 spiro atoms. The molecule has 1 unspecified atom stereocenters. The van der Waals surface area contributed by atoms with Crippen molar-refractivity contribution in [2.45, 2.75) is 38.5 Å². The predicted molar refractivity (Wildman–Crippen MR) is 60.8 cm³/mol. The van der Waals surface area contributed by atoms with Gasteiger partial charge in [-0.3, -0.25) is 0 Å². The molecule has 1 aromatic rings. The minimum absolute atomic E-state index is 0.528. The average Bonchev–Trinajstić information content (AvgIpc) is 2.53. The van der Waals surface area contributed by atoms with Gasteiger partial charge in [0.05, 0.1) is 0 Å². The van der Waals surface area contributed by atoms with E-state index < -0.39 is 0 Å². The zero-order chi connectivity index (χ0) is 10.7. The Hall–Kier alpha value is -0.800. The van der Waals surface area contributed by atoms with Gasteiger partial charge in [-0.15, -0.1) is 0 Å². The Bertz CT molecular complexity index is 319. The fourth-order valence-corrected chi connectivity index (χ4v) is 2.44. The van der Waals surface area contributed by atoms with Gasteiger partial charge < -0.3 is 14.6 Å². The van der Waals surface area contributed by atoms with Gasteiger partial charge in [-0.1, -0.05) is 6.42 Å². The molecule has 0 aromatic carbocycles. The van der Waals surface area contributed by atoms with Crippen molar-refractivity contribution in [3.8, 4) is 0 Å². The monoisotopic (exact) mass is 208 g/mol. The highest BCUT2D eigenvalue weighted by Gasteiger charge is 2.18. The molecule has 0 amide bonds. The lowest BCUT2D eigenvalue weighted by molar-refractivity contribution is 0.131. The average molecular weight is 208 g/mol. The van der Waals surface area contributed by atoms with Gasteiger partial charge >= 0.3 is 0 Å². The molecule has 0 saturated carbocycles. The van der Waals surface area contributed by atoms with E-state index in [0.717, 1.165) is 0 Å². The molecule has 1 atom stereocenters. The van der Waals surface area contributed by atoms with Gasteiger partial charge in [-0.25, -0.2) is 0 Å². The smallest absolute Gasteiger partial charge is 0.121 e. The number of ether oxygens (including phenoxy) is 1. The summed E-state index contributed by atoms with van der Waals surface area (Å²) in [4.78, 5) is 0. The van der Waals surface area contributed by atoms with Crippen molar-refractivity contribution in [2.24, 2.45) is 0 Å². The van der Waals surface area contributed by atoms with Crippen molar-refractivity contribution in [1.82, 2.24) is 9.88 Å². The molecule has 15 heavy (non-hydrogen) atoms. The number of nitrogens with one attached hydrogen (secondary N) is 1. The lowest BCUT2D eigenvalue weighted by Gasteiger charge is -2.13. The highest BCUT2D eigenvalue weighted by Crippen LogP contribution is 2.29. The summed E-state index contributed by atoms with van der Waals surface area (Å²) in [6, 6.07) is 0.528. The molecule has 1 aromatic heterocycles. The van der Waals surface area contributed by atoms with E-state index in [-0.39, 0.29) is 0 Å². The molecule has 0 fully saturated rings. The highest BCUT2D eigenvalue weighted by atomic mass is 16.5. The molecule has 0 saturated heterocycles. The van der Waals surface area contributed by atoms with Crippen LogP contribution in [0.4, 0.5) is 0 Å². The highest BCUT2D eigenvalue weighted by molar-refractivity contribution is 5.29. The summed E-state index contributed by atoms with van der Waals surface area (Å²) in [6.07, 6.45) is 9.55.